The lowest BCUT2D eigenvalue weighted by Gasteiger charge is -2.32. The summed E-state index contributed by atoms with van der Waals surface area (Å²) < 4.78 is 0. The Bertz CT molecular complexity index is 481. The molecule has 0 unspecified atom stereocenters. The second-order valence-electron chi connectivity index (χ2n) is 4.08. The van der Waals surface area contributed by atoms with Gasteiger partial charge in [0.1, 0.15) is 6.07 Å². The largest absolute Gasteiger partial charge is 0.355 e. The Balaban J connectivity index is 2.30. The van der Waals surface area contributed by atoms with Gasteiger partial charge in [-0.2, -0.15) is 0 Å². The van der Waals surface area contributed by atoms with E-state index < -0.39 is 9.85 Å². The molecule has 1 aliphatic heterocycles. The number of rotatable bonds is 3. The molecule has 8 nitrogen and oxygen atoms in total. The molecule has 2 heterocycles. The first-order chi connectivity index (χ1) is 8.49. The Morgan fingerprint density at radius 3 is 2.28 bits per heavy atom. The zero-order chi connectivity index (χ0) is 13.3. The van der Waals surface area contributed by atoms with Gasteiger partial charge >= 0.3 is 10.7 Å². The van der Waals surface area contributed by atoms with Gasteiger partial charge in [-0.05, 0) is 18.4 Å². The molecule has 1 aliphatic rings. The number of hydrogen-bond donors (Lipinski definition) is 0. The minimum atomic E-state index is -0.586. The summed E-state index contributed by atoms with van der Waals surface area (Å²) in [6.45, 7) is 2.88. The molecule has 0 aromatic carbocycles. The molecular formula is C9H12N4O4S. The van der Waals surface area contributed by atoms with Crippen LogP contribution in [0.15, 0.2) is 6.07 Å². The van der Waals surface area contributed by atoms with E-state index in [-0.39, 0.29) is 10.7 Å². The summed E-state index contributed by atoms with van der Waals surface area (Å²) >= 11 is 0.870. The van der Waals surface area contributed by atoms with Crippen molar-refractivity contribution in [3.05, 3.63) is 26.3 Å². The first-order valence-corrected chi connectivity index (χ1v) is 6.17. The van der Waals surface area contributed by atoms with Gasteiger partial charge in [-0.1, -0.05) is 0 Å². The minimum Gasteiger partial charge on any atom is -0.355 e. The van der Waals surface area contributed by atoms with Crippen LogP contribution in [0.4, 0.5) is 15.7 Å². The van der Waals surface area contributed by atoms with Crippen LogP contribution in [0.2, 0.25) is 0 Å². The number of likely N-dealkylation sites (N-methyl/N-ethyl adjacent to an activating group) is 1. The highest BCUT2D eigenvalue weighted by Gasteiger charge is 2.29. The lowest BCUT2D eigenvalue weighted by atomic mass is 10.3. The summed E-state index contributed by atoms with van der Waals surface area (Å²) in [6.07, 6.45) is 0. The number of hydrogen-bond acceptors (Lipinski definition) is 7. The molecule has 1 aromatic rings. The smallest absolute Gasteiger partial charge is 0.333 e. The van der Waals surface area contributed by atoms with E-state index in [9.17, 15) is 20.2 Å². The summed E-state index contributed by atoms with van der Waals surface area (Å²) in [5, 5.41) is 21.8. The number of thiophene rings is 1. The van der Waals surface area contributed by atoms with Crippen LogP contribution in [-0.2, 0) is 0 Å². The van der Waals surface area contributed by atoms with E-state index in [2.05, 4.69) is 4.90 Å². The first-order valence-electron chi connectivity index (χ1n) is 5.35. The van der Waals surface area contributed by atoms with Crippen LogP contribution in [0.25, 0.3) is 0 Å². The van der Waals surface area contributed by atoms with Gasteiger partial charge in [0, 0.05) is 26.2 Å². The van der Waals surface area contributed by atoms with E-state index in [0.29, 0.717) is 18.1 Å². The maximum atomic E-state index is 10.9. The van der Waals surface area contributed by atoms with Crippen molar-refractivity contribution in [1.29, 1.82) is 0 Å². The van der Waals surface area contributed by atoms with Gasteiger partial charge in [0.15, 0.2) is 5.00 Å². The lowest BCUT2D eigenvalue weighted by Crippen LogP contribution is -2.44. The molecule has 2 rings (SSSR count). The van der Waals surface area contributed by atoms with Gasteiger partial charge in [-0.3, -0.25) is 20.2 Å². The van der Waals surface area contributed by atoms with E-state index >= 15 is 0 Å². The molecule has 9 heteroatoms. The Labute approximate surface area is 107 Å². The average Bonchev–Trinajstić information content (AvgIpc) is 2.75. The molecule has 0 amide bonds. The monoisotopic (exact) mass is 272 g/mol. The Hall–Kier alpha value is -1.74. The van der Waals surface area contributed by atoms with Crippen LogP contribution in [0.3, 0.4) is 0 Å². The zero-order valence-electron chi connectivity index (χ0n) is 9.74. The number of nitro groups is 2. The molecule has 0 saturated carbocycles. The highest BCUT2D eigenvalue weighted by atomic mass is 32.1. The third kappa shape index (κ3) is 2.41. The Morgan fingerprint density at radius 1 is 1.17 bits per heavy atom. The lowest BCUT2D eigenvalue weighted by molar-refractivity contribution is -0.389. The standard InChI is InChI=1S/C9H12N4O4S/c1-10-2-4-11(5-3-10)9-7(12(14)15)6-8(18-9)13(16)17/h6H,2-5H2,1H3. The molecule has 1 saturated heterocycles. The second-order valence-corrected chi connectivity index (χ2v) is 5.09. The quantitative estimate of drug-likeness (QED) is 0.608. The third-order valence-corrected chi connectivity index (χ3v) is 3.98. The fourth-order valence-electron chi connectivity index (χ4n) is 1.82. The predicted molar refractivity (Wildman–Crippen MR) is 67.3 cm³/mol. The second kappa shape index (κ2) is 4.86. The van der Waals surface area contributed by atoms with Crippen LogP contribution in [-0.4, -0.2) is 48.0 Å². The van der Waals surface area contributed by atoms with Crippen LogP contribution in [0, 0.1) is 20.2 Å². The van der Waals surface area contributed by atoms with Crippen LogP contribution >= 0.6 is 11.3 Å². The van der Waals surface area contributed by atoms with Crippen molar-refractivity contribution in [3.63, 3.8) is 0 Å². The van der Waals surface area contributed by atoms with E-state index in [1.54, 1.807) is 0 Å². The molecular weight excluding hydrogens is 260 g/mol. The van der Waals surface area contributed by atoms with Crippen molar-refractivity contribution in [2.24, 2.45) is 0 Å². The fourth-order valence-corrected chi connectivity index (χ4v) is 2.81. The predicted octanol–water partition coefficient (Wildman–Crippen LogP) is 1.32. The highest BCUT2D eigenvalue weighted by Crippen LogP contribution is 2.41. The molecule has 98 valence electrons. The molecule has 0 N–H and O–H groups in total. The van der Waals surface area contributed by atoms with Gasteiger partial charge < -0.3 is 9.80 Å². The molecule has 0 spiro atoms. The average molecular weight is 272 g/mol. The van der Waals surface area contributed by atoms with Gasteiger partial charge in [0.25, 0.3) is 0 Å². The maximum absolute atomic E-state index is 10.9. The van der Waals surface area contributed by atoms with E-state index in [1.165, 1.54) is 0 Å². The van der Waals surface area contributed by atoms with E-state index in [0.717, 1.165) is 30.5 Å². The minimum absolute atomic E-state index is 0.170. The summed E-state index contributed by atoms with van der Waals surface area (Å²) in [7, 11) is 1.97. The topological polar surface area (TPSA) is 92.8 Å². The van der Waals surface area contributed by atoms with Crippen LogP contribution < -0.4 is 4.90 Å². The fraction of sp³-hybridized carbons (Fsp3) is 0.556. The van der Waals surface area contributed by atoms with Gasteiger partial charge in [0.05, 0.1) is 9.85 Å². The summed E-state index contributed by atoms with van der Waals surface area (Å²) in [4.78, 5) is 24.4. The highest BCUT2D eigenvalue weighted by molar-refractivity contribution is 7.19. The summed E-state index contributed by atoms with van der Waals surface area (Å²) in [6, 6.07) is 1.04. The van der Waals surface area contributed by atoms with Gasteiger partial charge in [-0.25, -0.2) is 0 Å². The van der Waals surface area contributed by atoms with Crippen molar-refractivity contribution in [2.75, 3.05) is 38.1 Å². The molecule has 0 aliphatic carbocycles. The van der Waals surface area contributed by atoms with Crippen LogP contribution in [0.5, 0.6) is 0 Å². The first kappa shape index (κ1) is 12.7. The van der Waals surface area contributed by atoms with E-state index in [4.69, 9.17) is 0 Å². The van der Waals surface area contributed by atoms with Crippen LogP contribution in [0.1, 0.15) is 0 Å². The SMILES string of the molecule is CN1CCN(c2sc([N+](=O)[O-])cc2[N+](=O)[O-])CC1. The number of anilines is 1. The van der Waals surface area contributed by atoms with E-state index in [1.807, 2.05) is 11.9 Å². The van der Waals surface area contributed by atoms with Gasteiger partial charge in [0.2, 0.25) is 0 Å². The van der Waals surface area contributed by atoms with Crippen molar-refractivity contribution in [3.8, 4) is 0 Å². The normalized spacial score (nSPS) is 16.8. The number of nitrogens with zero attached hydrogens (tertiary/aromatic N) is 4. The molecule has 1 aromatic heterocycles. The Morgan fingerprint density at radius 2 is 1.78 bits per heavy atom. The third-order valence-electron chi connectivity index (χ3n) is 2.85. The van der Waals surface area contributed by atoms with Crippen molar-refractivity contribution in [2.45, 2.75) is 0 Å². The Kier molecular flexibility index (Phi) is 3.43. The molecule has 18 heavy (non-hydrogen) atoms. The van der Waals surface area contributed by atoms with Gasteiger partial charge in [-0.15, -0.1) is 0 Å². The molecule has 1 fully saturated rings. The van der Waals surface area contributed by atoms with Crippen molar-refractivity contribution in [1.82, 2.24) is 4.90 Å². The molecule has 0 atom stereocenters. The summed E-state index contributed by atoms with van der Waals surface area (Å²) in [5.74, 6) is 0. The van der Waals surface area contributed by atoms with Crippen molar-refractivity contribution < 1.29 is 9.85 Å². The number of piperazine rings is 1. The summed E-state index contributed by atoms with van der Waals surface area (Å²) in [5.41, 5.74) is -0.170. The zero-order valence-corrected chi connectivity index (χ0v) is 10.6. The molecule has 0 radical (unpaired) electrons. The maximum Gasteiger partial charge on any atom is 0.333 e. The van der Waals surface area contributed by atoms with Crippen molar-refractivity contribution >= 4 is 27.0 Å². The molecule has 0 bridgehead atoms.